The molecule has 9 nitrogen and oxygen atoms in total. The number of urea groups is 1. The third kappa shape index (κ3) is 2.84. The molecule has 3 atom stereocenters. The Labute approximate surface area is 212 Å². The second-order valence-electron chi connectivity index (χ2n) is 9.04. The van der Waals surface area contributed by atoms with Crippen molar-refractivity contribution in [2.24, 2.45) is 10.7 Å². The maximum atomic E-state index is 14.3. The molecule has 6 bridgehead atoms. The van der Waals surface area contributed by atoms with Gasteiger partial charge in [-0.05, 0) is 37.3 Å². The Morgan fingerprint density at radius 2 is 1.72 bits per heavy atom. The number of amides is 4. The molecular weight excluding hydrogens is 480 g/mol. The van der Waals surface area contributed by atoms with Crippen LogP contribution < -0.4 is 15.2 Å². The zero-order valence-corrected chi connectivity index (χ0v) is 20.3. The first-order chi connectivity index (χ1) is 17.2. The van der Waals surface area contributed by atoms with Crippen molar-refractivity contribution in [3.05, 3.63) is 88.9 Å². The summed E-state index contributed by atoms with van der Waals surface area (Å²) in [6.45, 7) is 1.53. The van der Waals surface area contributed by atoms with Gasteiger partial charge in [-0.2, -0.15) is 0 Å². The Kier molecular flexibility index (Phi) is 4.81. The number of quaternary nitrogens is 1. The fraction of sp³-hybridized carbons (Fsp3) is 0.154. The van der Waals surface area contributed by atoms with Gasteiger partial charge in [-0.15, -0.1) is 9.60 Å². The zero-order valence-electron chi connectivity index (χ0n) is 19.5. The van der Waals surface area contributed by atoms with E-state index in [-0.39, 0.29) is 0 Å². The van der Waals surface area contributed by atoms with Gasteiger partial charge in [0.25, 0.3) is 6.17 Å². The molecule has 4 aliphatic heterocycles. The van der Waals surface area contributed by atoms with Crippen LogP contribution in [0.3, 0.4) is 0 Å². The minimum atomic E-state index is -1.27. The van der Waals surface area contributed by atoms with Crippen LogP contribution in [0.4, 0.5) is 21.9 Å². The summed E-state index contributed by atoms with van der Waals surface area (Å²) in [5, 5.41) is 2.79. The minimum absolute atomic E-state index is 0.431. The highest BCUT2D eigenvalue weighted by Crippen LogP contribution is 2.48. The second-order valence-corrected chi connectivity index (χ2v) is 9.48. The van der Waals surface area contributed by atoms with Gasteiger partial charge in [-0.1, -0.05) is 53.1 Å². The van der Waals surface area contributed by atoms with Crippen molar-refractivity contribution >= 4 is 52.2 Å². The maximum Gasteiger partial charge on any atom is 0.391 e. The highest BCUT2D eigenvalue weighted by atomic mass is 35.5. The van der Waals surface area contributed by atoms with Crippen LogP contribution in [-0.2, 0) is 9.59 Å². The van der Waals surface area contributed by atoms with E-state index in [4.69, 9.17) is 22.3 Å². The molecule has 1 unspecified atom stereocenters. The SMILES string of the molecule is C[C@H](N)C(=O)N1N2C(=O)N(c3ccc(Cl)cc3)c3cccc4c3C(c3ccccc3)=NC2C(=O)[N@@+]41C. The highest BCUT2D eigenvalue weighted by Gasteiger charge is 2.67. The number of hydrogen-bond acceptors (Lipinski definition) is 5. The molecule has 3 aromatic carbocycles. The van der Waals surface area contributed by atoms with E-state index < -0.39 is 34.6 Å². The number of carbonyl (C=O) groups excluding carboxylic acids is 3. The number of fused-ring (bicyclic) bond motifs is 1. The first kappa shape index (κ1) is 22.4. The van der Waals surface area contributed by atoms with Crippen LogP contribution in [-0.4, -0.2) is 52.9 Å². The zero-order chi connectivity index (χ0) is 25.4. The lowest BCUT2D eigenvalue weighted by Gasteiger charge is -2.42. The van der Waals surface area contributed by atoms with Crippen molar-refractivity contribution in [1.29, 1.82) is 0 Å². The number of aliphatic imine (C=N–C) groups is 1. The van der Waals surface area contributed by atoms with E-state index in [0.717, 1.165) is 15.7 Å². The number of carbonyl (C=O) groups is 3. The van der Waals surface area contributed by atoms with Gasteiger partial charge in [0.1, 0.15) is 7.05 Å². The number of hydrazine groups is 1. The molecule has 4 amide bonds. The molecule has 180 valence electrons. The molecular formula is C26H22ClN6O3+. The first-order valence-electron chi connectivity index (χ1n) is 11.4. The van der Waals surface area contributed by atoms with Gasteiger partial charge in [-0.25, -0.2) is 14.6 Å². The average molecular weight is 502 g/mol. The van der Waals surface area contributed by atoms with E-state index in [1.165, 1.54) is 11.8 Å². The molecule has 36 heavy (non-hydrogen) atoms. The van der Waals surface area contributed by atoms with Gasteiger partial charge in [-0.3, -0.25) is 9.69 Å². The van der Waals surface area contributed by atoms with Crippen LogP contribution >= 0.6 is 11.6 Å². The molecule has 0 aromatic heterocycles. The number of nitrogens with zero attached hydrogens (tertiary/aromatic N) is 5. The maximum absolute atomic E-state index is 14.3. The summed E-state index contributed by atoms with van der Waals surface area (Å²) >= 11 is 6.13. The van der Waals surface area contributed by atoms with Gasteiger partial charge >= 0.3 is 17.8 Å². The van der Waals surface area contributed by atoms with Gasteiger partial charge in [0.2, 0.25) is 0 Å². The summed E-state index contributed by atoms with van der Waals surface area (Å²) in [5.74, 6) is -1.01. The summed E-state index contributed by atoms with van der Waals surface area (Å²) in [6, 6.07) is 20.1. The molecule has 4 heterocycles. The molecule has 7 rings (SSSR count). The quantitative estimate of drug-likeness (QED) is 0.554. The summed E-state index contributed by atoms with van der Waals surface area (Å²) in [6.07, 6.45) is -1.27. The van der Waals surface area contributed by atoms with Crippen molar-refractivity contribution in [3.63, 3.8) is 0 Å². The molecule has 10 heteroatoms. The van der Waals surface area contributed by atoms with Crippen LogP contribution in [0.1, 0.15) is 18.1 Å². The Bertz CT molecular complexity index is 1470. The molecule has 4 aliphatic rings. The second kappa shape index (κ2) is 7.72. The number of rotatable bonds is 3. The summed E-state index contributed by atoms with van der Waals surface area (Å²) < 4.78 is -0.575. The number of benzene rings is 3. The van der Waals surface area contributed by atoms with E-state index in [0.29, 0.717) is 33.4 Å². The van der Waals surface area contributed by atoms with E-state index in [2.05, 4.69) is 0 Å². The van der Waals surface area contributed by atoms with Gasteiger partial charge in [0.15, 0.2) is 5.69 Å². The molecule has 0 radical (unpaired) electrons. The number of likely N-dealkylation sites (N-methyl/N-ethyl adjacent to an activating group) is 1. The highest BCUT2D eigenvalue weighted by molar-refractivity contribution is 6.30. The smallest absolute Gasteiger partial charge is 0.320 e. The predicted molar refractivity (Wildman–Crippen MR) is 136 cm³/mol. The van der Waals surface area contributed by atoms with Gasteiger partial charge in [0, 0.05) is 16.7 Å². The molecule has 3 aromatic rings. The number of anilines is 2. The van der Waals surface area contributed by atoms with Crippen molar-refractivity contribution in [2.75, 3.05) is 11.9 Å². The fourth-order valence-electron chi connectivity index (χ4n) is 5.09. The Hall–Kier alpha value is -4.05. The van der Waals surface area contributed by atoms with Crippen molar-refractivity contribution in [2.45, 2.75) is 19.1 Å². The predicted octanol–water partition coefficient (Wildman–Crippen LogP) is 3.57. The number of halogens is 1. The topological polar surface area (TPSA) is 99.3 Å². The van der Waals surface area contributed by atoms with E-state index in [1.807, 2.05) is 36.4 Å². The lowest BCUT2D eigenvalue weighted by atomic mass is 9.96. The Balaban J connectivity index is 1.74. The fourth-order valence-corrected chi connectivity index (χ4v) is 5.21. The molecule has 0 spiro atoms. The Morgan fingerprint density at radius 1 is 1.03 bits per heavy atom. The van der Waals surface area contributed by atoms with Crippen LogP contribution in [0.2, 0.25) is 5.02 Å². The standard InChI is InChI=1S/C26H22ClN6O3/c1-15(28)24(34)32-31-23-25(35)33(32,2)20-10-6-9-19(21(20)22(29-23)16-7-4-3-5-8-16)30(26(31)36)18-13-11-17(27)12-14-18/h3-15,23H,28H2,1-2H3/q+1/t15-,23?,33+/m0/s1. The third-order valence-corrected chi connectivity index (χ3v) is 7.04. The van der Waals surface area contributed by atoms with Crippen molar-refractivity contribution in [3.8, 4) is 0 Å². The van der Waals surface area contributed by atoms with Gasteiger partial charge in [0.05, 0.1) is 28.7 Å². The summed E-state index contributed by atoms with van der Waals surface area (Å²) in [5.41, 5.74) is 9.53. The molecule has 0 aliphatic carbocycles. The van der Waals surface area contributed by atoms with Crippen LogP contribution in [0.25, 0.3) is 0 Å². The van der Waals surface area contributed by atoms with Crippen LogP contribution in [0.5, 0.6) is 0 Å². The lowest BCUT2D eigenvalue weighted by molar-refractivity contribution is -0.166. The average Bonchev–Trinajstić information content (AvgIpc) is 3.04. The summed E-state index contributed by atoms with van der Waals surface area (Å²) in [4.78, 5) is 48.1. The number of nitrogens with two attached hydrogens (primary N) is 1. The van der Waals surface area contributed by atoms with Crippen LogP contribution in [0, 0.1) is 0 Å². The normalized spacial score (nSPS) is 22.9. The monoisotopic (exact) mass is 501 g/mol. The third-order valence-electron chi connectivity index (χ3n) is 6.79. The van der Waals surface area contributed by atoms with E-state index in [1.54, 1.807) is 43.4 Å². The van der Waals surface area contributed by atoms with Crippen LogP contribution in [0.15, 0.2) is 77.8 Å². The molecule has 0 saturated carbocycles. The molecule has 1 saturated heterocycles. The summed E-state index contributed by atoms with van der Waals surface area (Å²) in [7, 11) is 1.60. The largest absolute Gasteiger partial charge is 0.391 e. The van der Waals surface area contributed by atoms with Crippen molar-refractivity contribution < 1.29 is 14.4 Å². The molecule has 2 N–H and O–H groups in total. The first-order valence-corrected chi connectivity index (χ1v) is 11.8. The van der Waals surface area contributed by atoms with Gasteiger partial charge < -0.3 is 5.73 Å². The molecule has 1 fully saturated rings. The van der Waals surface area contributed by atoms with Crippen molar-refractivity contribution in [1.82, 2.24) is 14.7 Å². The van der Waals surface area contributed by atoms with E-state index >= 15 is 0 Å². The number of hydrogen-bond donors (Lipinski definition) is 1. The van der Waals surface area contributed by atoms with E-state index in [9.17, 15) is 14.4 Å². The Morgan fingerprint density at radius 3 is 2.39 bits per heavy atom. The minimum Gasteiger partial charge on any atom is -0.320 e. The lowest BCUT2D eigenvalue weighted by Crippen LogP contribution is -2.67.